The molecule has 0 unspecified atom stereocenters. The molecule has 0 aliphatic rings. The van der Waals surface area contributed by atoms with Crippen LogP contribution < -0.4 is 9.62 Å². The van der Waals surface area contributed by atoms with Crippen molar-refractivity contribution in [2.75, 3.05) is 10.8 Å². The molecule has 0 aliphatic heterocycles. The molecule has 0 aliphatic carbocycles. The number of hydrogen-bond acceptors (Lipinski definition) is 4. The highest BCUT2D eigenvalue weighted by Crippen LogP contribution is 2.33. The molecular weight excluding hydrogens is 688 g/mol. The normalized spacial score (nSPS) is 12.7. The molecule has 4 aromatic rings. The van der Waals surface area contributed by atoms with Crippen LogP contribution in [0.4, 0.5) is 5.69 Å². The quantitative estimate of drug-likeness (QED) is 0.152. The van der Waals surface area contributed by atoms with Crippen molar-refractivity contribution in [2.45, 2.75) is 50.2 Å². The molecule has 0 radical (unpaired) electrons. The Balaban J connectivity index is 1.85. The van der Waals surface area contributed by atoms with Gasteiger partial charge in [-0.2, -0.15) is 0 Å². The van der Waals surface area contributed by atoms with Crippen LogP contribution in [-0.2, 0) is 32.6 Å². The number of benzene rings is 4. The molecule has 46 heavy (non-hydrogen) atoms. The van der Waals surface area contributed by atoms with Crippen molar-refractivity contribution in [3.8, 4) is 0 Å². The van der Waals surface area contributed by atoms with E-state index in [0.29, 0.717) is 27.1 Å². The zero-order chi connectivity index (χ0) is 33.4. The van der Waals surface area contributed by atoms with E-state index in [0.717, 1.165) is 9.87 Å². The van der Waals surface area contributed by atoms with Crippen LogP contribution in [0.15, 0.2) is 102 Å². The van der Waals surface area contributed by atoms with Crippen molar-refractivity contribution >= 4 is 73.9 Å². The first-order chi connectivity index (χ1) is 21.9. The average molecular weight is 722 g/mol. The van der Waals surface area contributed by atoms with E-state index < -0.39 is 34.4 Å². The molecule has 2 amide bonds. The second kappa shape index (κ2) is 16.0. The summed E-state index contributed by atoms with van der Waals surface area (Å²) in [6.07, 6.45) is 0.826. The van der Waals surface area contributed by atoms with Gasteiger partial charge < -0.3 is 10.2 Å². The predicted octanol–water partition coefficient (Wildman–Crippen LogP) is 8.05. The van der Waals surface area contributed by atoms with Crippen LogP contribution in [0, 0.1) is 0 Å². The summed E-state index contributed by atoms with van der Waals surface area (Å²) in [6.45, 7) is 3.03. The summed E-state index contributed by atoms with van der Waals surface area (Å²) in [5.41, 5.74) is 1.38. The number of nitrogens with zero attached hydrogens (tertiary/aromatic N) is 2. The summed E-state index contributed by atoms with van der Waals surface area (Å²) in [7, 11) is -4.32. The van der Waals surface area contributed by atoms with E-state index in [4.69, 9.17) is 46.4 Å². The van der Waals surface area contributed by atoms with Gasteiger partial charge in [-0.1, -0.05) is 108 Å². The first-order valence-electron chi connectivity index (χ1n) is 14.5. The summed E-state index contributed by atoms with van der Waals surface area (Å²) in [6, 6.07) is 25.0. The van der Waals surface area contributed by atoms with Gasteiger partial charge in [-0.05, 0) is 66.9 Å². The second-order valence-electron chi connectivity index (χ2n) is 10.7. The number of hydrogen-bond donors (Lipinski definition) is 1. The number of carbonyl (C=O) groups excluding carboxylic acids is 2. The van der Waals surface area contributed by atoms with Gasteiger partial charge >= 0.3 is 0 Å². The van der Waals surface area contributed by atoms with Crippen molar-refractivity contribution in [1.82, 2.24) is 10.2 Å². The van der Waals surface area contributed by atoms with Crippen LogP contribution >= 0.6 is 46.4 Å². The molecule has 4 aromatic carbocycles. The fraction of sp³-hybridized carbons (Fsp3) is 0.235. The Hall–Kier alpha value is -3.27. The molecule has 1 N–H and O–H groups in total. The molecule has 0 heterocycles. The van der Waals surface area contributed by atoms with Gasteiger partial charge in [0, 0.05) is 34.1 Å². The second-order valence-corrected chi connectivity index (χ2v) is 14.3. The van der Waals surface area contributed by atoms with Crippen molar-refractivity contribution in [2.24, 2.45) is 0 Å². The molecule has 242 valence electrons. The van der Waals surface area contributed by atoms with Crippen LogP contribution in [0.3, 0.4) is 0 Å². The number of carbonyl (C=O) groups is 2. The largest absolute Gasteiger partial charge is 0.352 e. The molecular formula is C34H33Cl4N3O4S. The minimum Gasteiger partial charge on any atom is -0.352 e. The number of halogens is 4. The standard InChI is InChI=1S/C34H33Cl4N3O4S/c1-3-23(2)39-34(43)32(18-24-10-6-4-7-11-24)40(21-25-14-15-26(35)19-29(25)37)33(42)22-41(31-17-16-27(36)20-30(31)38)46(44,45)28-12-8-5-9-13-28/h4-17,19-20,23,32H,3,18,21-22H2,1-2H3,(H,39,43)/t23-,32+/m1/s1. The van der Waals surface area contributed by atoms with Crippen molar-refractivity contribution in [3.63, 3.8) is 0 Å². The van der Waals surface area contributed by atoms with Crippen molar-refractivity contribution in [3.05, 3.63) is 128 Å². The summed E-state index contributed by atoms with van der Waals surface area (Å²) in [5, 5.41) is 4.01. The fourth-order valence-corrected chi connectivity index (χ4v) is 7.23. The fourth-order valence-electron chi connectivity index (χ4n) is 4.75. The Bertz CT molecular complexity index is 1780. The van der Waals surface area contributed by atoms with Gasteiger partial charge in [0.05, 0.1) is 15.6 Å². The SMILES string of the molecule is CC[C@@H](C)NC(=O)[C@H](Cc1ccccc1)N(Cc1ccc(Cl)cc1Cl)C(=O)CN(c1ccc(Cl)cc1Cl)S(=O)(=O)c1ccccc1. The van der Waals surface area contributed by atoms with E-state index >= 15 is 0 Å². The topological polar surface area (TPSA) is 86.8 Å². The molecule has 0 bridgehead atoms. The maximum Gasteiger partial charge on any atom is 0.264 e. The van der Waals surface area contributed by atoms with Gasteiger partial charge in [0.25, 0.3) is 10.0 Å². The van der Waals surface area contributed by atoms with Gasteiger partial charge in [-0.15, -0.1) is 0 Å². The van der Waals surface area contributed by atoms with E-state index in [9.17, 15) is 18.0 Å². The van der Waals surface area contributed by atoms with E-state index in [-0.39, 0.29) is 34.6 Å². The van der Waals surface area contributed by atoms with Gasteiger partial charge in [-0.3, -0.25) is 13.9 Å². The first kappa shape index (κ1) is 35.6. The molecule has 0 fully saturated rings. The van der Waals surface area contributed by atoms with E-state index in [1.165, 1.54) is 35.2 Å². The lowest BCUT2D eigenvalue weighted by Crippen LogP contribution is -2.54. The Morgan fingerprint density at radius 1 is 0.804 bits per heavy atom. The van der Waals surface area contributed by atoms with Gasteiger partial charge in [0.2, 0.25) is 11.8 Å². The van der Waals surface area contributed by atoms with Crippen LogP contribution in [0.5, 0.6) is 0 Å². The maximum absolute atomic E-state index is 14.6. The number of nitrogens with one attached hydrogen (secondary N) is 1. The van der Waals surface area contributed by atoms with Crippen LogP contribution in [0.2, 0.25) is 20.1 Å². The Morgan fingerprint density at radius 3 is 1.98 bits per heavy atom. The first-order valence-corrected chi connectivity index (χ1v) is 17.5. The Morgan fingerprint density at radius 2 is 1.39 bits per heavy atom. The zero-order valence-electron chi connectivity index (χ0n) is 25.2. The number of rotatable bonds is 13. The minimum absolute atomic E-state index is 0.0300. The number of amides is 2. The number of sulfonamides is 1. The molecule has 0 spiro atoms. The predicted molar refractivity (Wildman–Crippen MR) is 186 cm³/mol. The molecule has 12 heteroatoms. The Kier molecular flexibility index (Phi) is 12.4. The molecule has 4 rings (SSSR count). The summed E-state index contributed by atoms with van der Waals surface area (Å²) in [5.74, 6) is -1.05. The van der Waals surface area contributed by atoms with Crippen LogP contribution in [0.25, 0.3) is 0 Å². The number of anilines is 1. The van der Waals surface area contributed by atoms with Crippen molar-refractivity contribution in [1.29, 1.82) is 0 Å². The monoisotopic (exact) mass is 719 g/mol. The third-order valence-corrected chi connectivity index (χ3v) is 10.3. The minimum atomic E-state index is -4.32. The third kappa shape index (κ3) is 8.96. The lowest BCUT2D eigenvalue weighted by Gasteiger charge is -2.34. The van der Waals surface area contributed by atoms with Crippen molar-refractivity contribution < 1.29 is 18.0 Å². The molecule has 0 saturated heterocycles. The van der Waals surface area contributed by atoms with E-state index in [1.54, 1.807) is 36.4 Å². The molecule has 0 aromatic heterocycles. The highest BCUT2D eigenvalue weighted by Gasteiger charge is 2.35. The highest BCUT2D eigenvalue weighted by atomic mass is 35.5. The summed E-state index contributed by atoms with van der Waals surface area (Å²) in [4.78, 5) is 29.8. The smallest absolute Gasteiger partial charge is 0.264 e. The lowest BCUT2D eigenvalue weighted by atomic mass is 10.0. The average Bonchev–Trinajstić information content (AvgIpc) is 3.03. The molecule has 0 saturated carbocycles. The van der Waals surface area contributed by atoms with E-state index in [2.05, 4.69) is 5.32 Å². The Labute approximate surface area is 290 Å². The van der Waals surface area contributed by atoms with Gasteiger partial charge in [0.1, 0.15) is 12.6 Å². The maximum atomic E-state index is 14.6. The summed E-state index contributed by atoms with van der Waals surface area (Å²) >= 11 is 25.4. The van der Waals surface area contributed by atoms with Gasteiger partial charge in [0.15, 0.2) is 0 Å². The highest BCUT2D eigenvalue weighted by molar-refractivity contribution is 7.92. The molecule has 7 nitrogen and oxygen atoms in total. The third-order valence-electron chi connectivity index (χ3n) is 7.42. The zero-order valence-corrected chi connectivity index (χ0v) is 29.0. The lowest BCUT2D eigenvalue weighted by molar-refractivity contribution is -0.140. The van der Waals surface area contributed by atoms with E-state index in [1.807, 2.05) is 44.2 Å². The summed E-state index contributed by atoms with van der Waals surface area (Å²) < 4.78 is 29.1. The van der Waals surface area contributed by atoms with Crippen LogP contribution in [-0.4, -0.2) is 43.8 Å². The van der Waals surface area contributed by atoms with Crippen LogP contribution in [0.1, 0.15) is 31.4 Å². The van der Waals surface area contributed by atoms with Gasteiger partial charge in [-0.25, -0.2) is 8.42 Å². The molecule has 2 atom stereocenters.